The molecule has 0 aliphatic heterocycles. The lowest BCUT2D eigenvalue weighted by molar-refractivity contribution is 0.482. The fourth-order valence-electron chi connectivity index (χ4n) is 13.8. The van der Waals surface area contributed by atoms with Crippen molar-refractivity contribution in [2.75, 3.05) is 0 Å². The summed E-state index contributed by atoms with van der Waals surface area (Å²) in [4.78, 5) is 1.71. The summed E-state index contributed by atoms with van der Waals surface area (Å²) in [6.07, 6.45) is 1.03. The summed E-state index contributed by atoms with van der Waals surface area (Å²) in [6.45, 7) is 60.1. The van der Waals surface area contributed by atoms with Crippen LogP contribution in [0.4, 0.5) is 0 Å². The Bertz CT molecular complexity index is 5640. The molecule has 128 heavy (non-hydrogen) atoms. The summed E-state index contributed by atoms with van der Waals surface area (Å²) in [5.74, 6) is 1.76. The van der Waals surface area contributed by atoms with Gasteiger partial charge in [0.1, 0.15) is 11.5 Å². The van der Waals surface area contributed by atoms with E-state index in [1.54, 1.807) is 0 Å². The van der Waals surface area contributed by atoms with Gasteiger partial charge in [-0.2, -0.15) is 0 Å². The van der Waals surface area contributed by atoms with Crippen molar-refractivity contribution in [3.63, 3.8) is 0 Å². The number of rotatable bonds is 10. The molecule has 0 aliphatic rings. The first-order chi connectivity index (χ1) is 60.7. The molecule has 16 rings (SSSR count). The van der Waals surface area contributed by atoms with E-state index in [0.29, 0.717) is 0 Å². The highest BCUT2D eigenvalue weighted by molar-refractivity contribution is 7.85. The van der Waals surface area contributed by atoms with Crippen molar-refractivity contribution < 1.29 is 8.95 Å². The summed E-state index contributed by atoms with van der Waals surface area (Å²) in [7, 11) is -1.06. The Labute approximate surface area is 776 Å². The molecule has 0 atom stereocenters. The van der Waals surface area contributed by atoms with Crippen molar-refractivity contribution >= 4 is 21.6 Å². The Kier molecular flexibility index (Phi) is 40.9. The van der Waals surface area contributed by atoms with E-state index in [0.717, 1.165) is 27.7 Å². The highest BCUT2D eigenvalue weighted by Gasteiger charge is 2.25. The van der Waals surface area contributed by atoms with E-state index < -0.39 is 10.8 Å². The lowest BCUT2D eigenvalue weighted by atomic mass is 9.76. The van der Waals surface area contributed by atoms with Gasteiger partial charge in [-0.3, -0.25) is 0 Å². The molecule has 0 heterocycles. The maximum Gasteiger partial charge on any atom is 0.127 e. The van der Waals surface area contributed by atoms with Crippen LogP contribution in [-0.4, -0.2) is 4.21 Å². The lowest BCUT2D eigenvalue weighted by Gasteiger charge is -2.27. The third kappa shape index (κ3) is 34.5. The van der Waals surface area contributed by atoms with Crippen molar-refractivity contribution in [3.8, 4) is 11.5 Å². The number of benzene rings is 16. The van der Waals surface area contributed by atoms with Crippen molar-refractivity contribution in [2.45, 2.75) is 221 Å². The molecule has 0 fully saturated rings. The first-order valence-electron chi connectivity index (χ1n) is 45.1. The van der Waals surface area contributed by atoms with Crippen molar-refractivity contribution in [1.82, 2.24) is 0 Å². The fourth-order valence-corrected chi connectivity index (χ4v) is 14.9. The van der Waals surface area contributed by atoms with E-state index in [4.69, 9.17) is 4.74 Å². The summed E-state index contributed by atoms with van der Waals surface area (Å²) < 4.78 is 17.9. The van der Waals surface area contributed by atoms with E-state index in [1.807, 2.05) is 111 Å². The molecule has 0 unspecified atom stereocenters. The molecule has 662 valence electrons. The van der Waals surface area contributed by atoms with Gasteiger partial charge < -0.3 is 4.74 Å². The lowest BCUT2D eigenvalue weighted by Crippen LogP contribution is -2.19. The molecule has 2 nitrogen and oxygen atoms in total. The monoisotopic (exact) mass is 1710 g/mol. The predicted molar refractivity (Wildman–Crippen MR) is 560 cm³/mol. The second-order valence-corrected chi connectivity index (χ2v) is 37.5. The zero-order valence-corrected chi connectivity index (χ0v) is 83.2. The standard InChI is InChI=1S/C19H24.C17H20.C15H16.C14H14OS.C14H14O.C12H12.2C9H12.2C8H10/c1-13-7-9-17(11-15(13)3)19(5,6)18-10-8-14(2)16(4)12-18;1-13-5-9-15(10-6-13)17(3,4)16-11-7-14(2)8-12-16;1-12-3-7-14(8-4-12)11-15-9-5-13(2)6-10-15;1-11-3-7-13(8-4-11)16(15)14-9-5-12(2)6-10-14;1-11-3-7-13(8-4-11)15-14-9-5-12(2)6-10-14;1-9-5-3-8-12-10(2)6-4-7-11(9)12;1-7-4-5-8(2)9(3)6-7;1-7-5-4-6-8(2)9(7)3;1-7-3-5-8(2)6-4-7;1-7-4-3-5-8(2)6-7/h7-12H,1-6H3;5-12H,1-4H3;3-10H,11H2,1-2H3;3-10H,1-2H3;3-10H,1-2H3;3-8H,1-2H3;2*4-6H,1-3H3;2*3-6H,1-2H3. The minimum Gasteiger partial charge on any atom is -0.457 e. The molecule has 0 amide bonds. The third-order valence-corrected chi connectivity index (χ3v) is 25.1. The summed E-state index contributed by atoms with van der Waals surface area (Å²) >= 11 is 0. The van der Waals surface area contributed by atoms with Gasteiger partial charge in [0.25, 0.3) is 0 Å². The molecule has 0 aromatic heterocycles. The van der Waals surface area contributed by atoms with Crippen LogP contribution in [0.1, 0.15) is 195 Å². The maximum atomic E-state index is 12.2. The highest BCUT2D eigenvalue weighted by atomic mass is 32.2. The number of hydrogen-bond donors (Lipinski definition) is 0. The van der Waals surface area contributed by atoms with E-state index in [1.165, 1.54) is 178 Å². The normalized spacial score (nSPS) is 10.5. The molecule has 16 aromatic rings. The summed E-state index contributed by atoms with van der Waals surface area (Å²) in [6, 6.07) is 123. The highest BCUT2D eigenvalue weighted by Crippen LogP contribution is 2.35. The average Bonchev–Trinajstić information content (AvgIpc) is 0.787. The Hall–Kier alpha value is -12.3. The van der Waals surface area contributed by atoms with Crippen LogP contribution in [0, 0.1) is 166 Å². The van der Waals surface area contributed by atoms with Crippen LogP contribution >= 0.6 is 0 Å². The molecule has 0 bridgehead atoms. The Balaban J connectivity index is 0.000000197. The third-order valence-electron chi connectivity index (χ3n) is 23.7. The molecule has 16 aromatic carbocycles. The molecule has 0 saturated carbocycles. The zero-order chi connectivity index (χ0) is 93.8. The SMILES string of the molecule is Cc1ccc(C(C)(C)c2ccc(C)c(C)c2)cc1C.Cc1ccc(C(C)(C)c2ccc(C)cc2)cc1.Cc1ccc(C)c(C)c1.Cc1ccc(C)cc1.Cc1ccc(Cc2ccc(C)cc2)cc1.Cc1ccc(Oc2ccc(C)cc2)cc1.Cc1ccc(S(=O)c2ccc(C)cc2)cc1.Cc1cccc(C)c1.Cc1cccc(C)c1C.Cc1cccc2c(C)cccc12. The fraction of sp³-hybridized carbons (Fsp3) is 0.248. The number of aryl methyl sites for hydroxylation is 23. The molecule has 0 saturated heterocycles. The minimum atomic E-state index is -1.06. The average molecular weight is 1710 g/mol. The summed E-state index contributed by atoms with van der Waals surface area (Å²) in [5.41, 5.74) is 40.3. The van der Waals surface area contributed by atoms with Crippen LogP contribution in [0.15, 0.2) is 362 Å². The van der Waals surface area contributed by atoms with Gasteiger partial charge in [-0.25, -0.2) is 4.21 Å². The van der Waals surface area contributed by atoms with Crippen LogP contribution in [0.3, 0.4) is 0 Å². The molecular weight excluding hydrogens is 1570 g/mol. The maximum absolute atomic E-state index is 12.2. The van der Waals surface area contributed by atoms with Gasteiger partial charge in [0.05, 0.1) is 10.8 Å². The van der Waals surface area contributed by atoms with E-state index in [-0.39, 0.29) is 10.8 Å². The molecule has 0 spiro atoms. The second kappa shape index (κ2) is 50.9. The van der Waals surface area contributed by atoms with Gasteiger partial charge in [-0.15, -0.1) is 0 Å². The van der Waals surface area contributed by atoms with Gasteiger partial charge in [-0.1, -0.05) is 403 Å². The van der Waals surface area contributed by atoms with Gasteiger partial charge in [0.15, 0.2) is 0 Å². The van der Waals surface area contributed by atoms with Crippen LogP contribution in [0.25, 0.3) is 10.8 Å². The topological polar surface area (TPSA) is 26.3 Å². The van der Waals surface area contributed by atoms with Crippen molar-refractivity contribution in [1.29, 1.82) is 0 Å². The first-order valence-corrected chi connectivity index (χ1v) is 46.2. The summed E-state index contributed by atoms with van der Waals surface area (Å²) in [5, 5.41) is 2.75. The van der Waals surface area contributed by atoms with Crippen molar-refractivity contribution in [2.24, 2.45) is 0 Å². The smallest absolute Gasteiger partial charge is 0.127 e. The van der Waals surface area contributed by atoms with Gasteiger partial charge in [-0.05, 0) is 326 Å². The van der Waals surface area contributed by atoms with Gasteiger partial charge >= 0.3 is 0 Å². The first kappa shape index (κ1) is 103. The Morgan fingerprint density at radius 1 is 0.203 bits per heavy atom. The van der Waals surface area contributed by atoms with E-state index >= 15 is 0 Å². The molecule has 0 aliphatic carbocycles. The molecule has 3 heteroatoms. The molecular formula is C125H144O2S. The zero-order valence-electron chi connectivity index (χ0n) is 82.4. The predicted octanol–water partition coefficient (Wildman–Crippen LogP) is 34.6. The van der Waals surface area contributed by atoms with E-state index in [9.17, 15) is 4.21 Å². The minimum absolute atomic E-state index is 0.0525. The number of fused-ring (bicyclic) bond motifs is 1. The quantitative estimate of drug-likeness (QED) is 0.136. The van der Waals surface area contributed by atoms with Crippen LogP contribution < -0.4 is 4.74 Å². The van der Waals surface area contributed by atoms with Gasteiger partial charge in [0.2, 0.25) is 0 Å². The molecule has 0 radical (unpaired) electrons. The van der Waals surface area contributed by atoms with Gasteiger partial charge in [0, 0.05) is 20.6 Å². The molecule has 0 N–H and O–H groups in total. The Morgan fingerprint density at radius 2 is 0.438 bits per heavy atom. The van der Waals surface area contributed by atoms with Crippen molar-refractivity contribution in [3.05, 3.63) is 519 Å². The van der Waals surface area contributed by atoms with E-state index in [2.05, 4.69) is 435 Å². The largest absolute Gasteiger partial charge is 0.457 e. The van der Waals surface area contributed by atoms with Crippen LogP contribution in [0.5, 0.6) is 11.5 Å². The Morgan fingerprint density at radius 3 is 0.727 bits per heavy atom. The second-order valence-electron chi connectivity index (χ2n) is 36.0. The van der Waals surface area contributed by atoms with Crippen LogP contribution in [-0.2, 0) is 28.1 Å². The van der Waals surface area contributed by atoms with Crippen LogP contribution in [0.2, 0.25) is 0 Å². The number of hydrogen-bond acceptors (Lipinski definition) is 2. The number of ether oxygens (including phenoxy) is 1.